The summed E-state index contributed by atoms with van der Waals surface area (Å²) in [5.41, 5.74) is 5.25. The first-order chi connectivity index (χ1) is 20.9. The van der Waals surface area contributed by atoms with Gasteiger partial charge in [-0.2, -0.15) is 0 Å². The third kappa shape index (κ3) is 7.61. The third-order valence-electron chi connectivity index (χ3n) is 7.80. The summed E-state index contributed by atoms with van der Waals surface area (Å²) in [4.78, 5) is 21.7. The number of methoxy groups -OCH3 is 2. The highest BCUT2D eigenvalue weighted by atomic mass is 19.1. The van der Waals surface area contributed by atoms with E-state index < -0.39 is 0 Å². The molecule has 0 aliphatic carbocycles. The van der Waals surface area contributed by atoms with Gasteiger partial charge in [0, 0.05) is 57.2 Å². The van der Waals surface area contributed by atoms with Gasteiger partial charge in [-0.15, -0.1) is 0 Å². The number of pyridine rings is 1. The lowest BCUT2D eigenvalue weighted by Gasteiger charge is -2.38. The molecule has 4 aromatic rings. The van der Waals surface area contributed by atoms with E-state index in [-0.39, 0.29) is 17.9 Å². The van der Waals surface area contributed by atoms with Crippen LogP contribution in [0.25, 0.3) is 0 Å². The van der Waals surface area contributed by atoms with Crippen LogP contribution in [0.1, 0.15) is 28.3 Å². The highest BCUT2D eigenvalue weighted by Crippen LogP contribution is 2.39. The number of rotatable bonds is 11. The van der Waals surface area contributed by atoms with Crippen molar-refractivity contribution in [3.63, 3.8) is 0 Å². The Kier molecular flexibility index (Phi) is 9.73. The van der Waals surface area contributed by atoms with Crippen LogP contribution in [0.3, 0.4) is 0 Å². The number of hydrogen-bond donors (Lipinski definition) is 2. The number of fused-ring (bicyclic) bond motifs is 1. The molecule has 0 fully saturated rings. The molecule has 2 amide bonds. The van der Waals surface area contributed by atoms with Crippen molar-refractivity contribution >= 4 is 17.5 Å². The molecule has 1 aliphatic rings. The van der Waals surface area contributed by atoms with Gasteiger partial charge >= 0.3 is 6.03 Å². The molecule has 8 nitrogen and oxygen atoms in total. The summed E-state index contributed by atoms with van der Waals surface area (Å²) in [7, 11) is 5.25. The van der Waals surface area contributed by atoms with Crippen LogP contribution in [-0.4, -0.2) is 56.8 Å². The number of anilines is 2. The molecule has 2 heterocycles. The number of ether oxygens (including phenoxy) is 2. The zero-order valence-electron chi connectivity index (χ0n) is 24.8. The van der Waals surface area contributed by atoms with Crippen molar-refractivity contribution in [1.82, 2.24) is 15.2 Å². The molecule has 0 saturated carbocycles. The molecular weight excluding hydrogens is 545 g/mol. The second-order valence-corrected chi connectivity index (χ2v) is 10.7. The van der Waals surface area contributed by atoms with Crippen molar-refractivity contribution in [1.29, 1.82) is 0 Å². The molecule has 5 rings (SSSR count). The van der Waals surface area contributed by atoms with Gasteiger partial charge in [0.15, 0.2) is 11.5 Å². The maximum absolute atomic E-state index is 13.6. The van der Waals surface area contributed by atoms with Crippen molar-refractivity contribution in [2.75, 3.05) is 51.1 Å². The van der Waals surface area contributed by atoms with E-state index in [2.05, 4.69) is 38.7 Å². The maximum Gasteiger partial charge on any atom is 0.319 e. The van der Waals surface area contributed by atoms with E-state index in [1.54, 1.807) is 26.5 Å². The van der Waals surface area contributed by atoms with Gasteiger partial charge in [0.05, 0.1) is 14.2 Å². The van der Waals surface area contributed by atoms with Crippen LogP contribution < -0.4 is 25.0 Å². The normalized spacial score (nSPS) is 14.5. The van der Waals surface area contributed by atoms with E-state index in [1.807, 2.05) is 54.4 Å². The third-order valence-corrected chi connectivity index (χ3v) is 7.80. The Bertz CT molecular complexity index is 1520. The summed E-state index contributed by atoms with van der Waals surface area (Å²) in [5.74, 6) is 1.90. The molecule has 3 aromatic carbocycles. The molecule has 1 aromatic heterocycles. The Morgan fingerprint density at radius 1 is 1.00 bits per heavy atom. The number of amides is 2. The fourth-order valence-corrected chi connectivity index (χ4v) is 5.56. The molecule has 1 atom stereocenters. The number of hydrogen-bond acceptors (Lipinski definition) is 6. The van der Waals surface area contributed by atoms with Gasteiger partial charge in [-0.1, -0.05) is 42.5 Å². The predicted octanol–water partition coefficient (Wildman–Crippen LogP) is 5.84. The van der Waals surface area contributed by atoms with E-state index in [1.165, 1.54) is 23.3 Å². The zero-order valence-corrected chi connectivity index (χ0v) is 24.8. The molecular formula is C34H38FN5O3. The largest absolute Gasteiger partial charge is 0.493 e. The van der Waals surface area contributed by atoms with Crippen LogP contribution in [-0.2, 0) is 19.4 Å². The summed E-state index contributed by atoms with van der Waals surface area (Å²) < 4.78 is 24.8. The van der Waals surface area contributed by atoms with Crippen molar-refractivity contribution in [2.45, 2.75) is 25.4 Å². The molecule has 2 N–H and O–H groups in total. The quantitative estimate of drug-likeness (QED) is 0.231. The second-order valence-electron chi connectivity index (χ2n) is 10.7. The molecule has 224 valence electrons. The lowest BCUT2D eigenvalue weighted by Crippen LogP contribution is -2.42. The number of benzene rings is 3. The average Bonchev–Trinajstić information content (AvgIpc) is 3.03. The van der Waals surface area contributed by atoms with Crippen LogP contribution in [0.4, 0.5) is 20.7 Å². The van der Waals surface area contributed by atoms with Gasteiger partial charge in [0.1, 0.15) is 11.6 Å². The highest BCUT2D eigenvalue weighted by molar-refractivity contribution is 5.89. The zero-order chi connectivity index (χ0) is 30.2. The maximum atomic E-state index is 13.6. The van der Waals surface area contributed by atoms with Crippen molar-refractivity contribution in [3.05, 3.63) is 113 Å². The smallest absolute Gasteiger partial charge is 0.319 e. The fraction of sp³-hybridized carbons (Fsp3) is 0.294. The summed E-state index contributed by atoms with van der Waals surface area (Å²) >= 11 is 0. The summed E-state index contributed by atoms with van der Waals surface area (Å²) in [6, 6.07) is 24.3. The molecule has 0 radical (unpaired) electrons. The molecule has 0 bridgehead atoms. The monoisotopic (exact) mass is 583 g/mol. The molecule has 1 unspecified atom stereocenters. The second kappa shape index (κ2) is 14.0. The van der Waals surface area contributed by atoms with Crippen LogP contribution in [0.2, 0.25) is 0 Å². The number of urea groups is 1. The first-order valence-electron chi connectivity index (χ1n) is 14.4. The first-order valence-corrected chi connectivity index (χ1v) is 14.4. The van der Waals surface area contributed by atoms with Crippen molar-refractivity contribution in [2.24, 2.45) is 0 Å². The topological polar surface area (TPSA) is 79.0 Å². The van der Waals surface area contributed by atoms with Gasteiger partial charge in [0.2, 0.25) is 0 Å². The number of nitrogens with zero attached hydrogens (tertiary/aromatic N) is 3. The van der Waals surface area contributed by atoms with Gasteiger partial charge in [-0.25, -0.2) is 14.2 Å². The molecule has 1 aliphatic heterocycles. The van der Waals surface area contributed by atoms with E-state index >= 15 is 0 Å². The Morgan fingerprint density at radius 3 is 2.49 bits per heavy atom. The molecule has 0 saturated heterocycles. The lowest BCUT2D eigenvalue weighted by molar-refractivity contribution is 0.183. The Balaban J connectivity index is 1.22. The summed E-state index contributed by atoms with van der Waals surface area (Å²) in [5, 5.41) is 5.94. The van der Waals surface area contributed by atoms with Crippen molar-refractivity contribution in [3.8, 4) is 11.5 Å². The SMILES string of the molecule is COc1cc2c(cc1OC)C(Cc1ccc(F)cc1)N(CCNC(=O)Nc1ccnc(N(C)Cc3ccccc3)c1)CC2. The Morgan fingerprint density at radius 2 is 1.74 bits per heavy atom. The standard InChI is InChI=1S/C34H38FN5O3/c1-39(23-25-7-5-4-6-8-25)33-21-28(13-15-36-33)38-34(41)37-16-18-40-17-14-26-20-31(42-2)32(43-3)22-29(26)30(40)19-24-9-11-27(35)12-10-24/h4-13,15,20-22,30H,14,16-19,23H2,1-3H3,(H2,36,37,38,41). The molecule has 43 heavy (non-hydrogen) atoms. The van der Waals surface area contributed by atoms with Gasteiger partial charge in [-0.3, -0.25) is 4.90 Å². The number of halogens is 1. The predicted molar refractivity (Wildman–Crippen MR) is 167 cm³/mol. The van der Waals surface area contributed by atoms with Gasteiger partial charge in [-0.05, 0) is 65.4 Å². The number of aromatic nitrogens is 1. The van der Waals surface area contributed by atoms with Crippen LogP contribution in [0, 0.1) is 5.82 Å². The molecule has 9 heteroatoms. The number of carbonyl (C=O) groups excluding carboxylic acids is 1. The minimum Gasteiger partial charge on any atom is -0.493 e. The summed E-state index contributed by atoms with van der Waals surface area (Å²) in [6.45, 7) is 2.63. The van der Waals surface area contributed by atoms with E-state index in [0.29, 0.717) is 43.2 Å². The van der Waals surface area contributed by atoms with Crippen LogP contribution in [0.5, 0.6) is 11.5 Å². The Labute approximate surface area is 252 Å². The van der Waals surface area contributed by atoms with E-state index in [0.717, 1.165) is 29.9 Å². The lowest BCUT2D eigenvalue weighted by atomic mass is 9.88. The minimum atomic E-state index is -0.276. The summed E-state index contributed by atoms with van der Waals surface area (Å²) in [6.07, 6.45) is 3.24. The van der Waals surface area contributed by atoms with Crippen LogP contribution in [0.15, 0.2) is 85.1 Å². The highest BCUT2D eigenvalue weighted by Gasteiger charge is 2.29. The van der Waals surface area contributed by atoms with Crippen LogP contribution >= 0.6 is 0 Å². The fourth-order valence-electron chi connectivity index (χ4n) is 5.56. The number of nitrogens with one attached hydrogen (secondary N) is 2. The van der Waals surface area contributed by atoms with E-state index in [4.69, 9.17) is 9.47 Å². The Hall–Kier alpha value is -4.63. The minimum absolute atomic E-state index is 0.0294. The van der Waals surface area contributed by atoms with E-state index in [9.17, 15) is 9.18 Å². The average molecular weight is 584 g/mol. The molecule has 0 spiro atoms. The number of carbonyl (C=O) groups is 1. The van der Waals surface area contributed by atoms with Gasteiger partial charge < -0.3 is 25.0 Å². The first kappa shape index (κ1) is 29.8. The van der Waals surface area contributed by atoms with Gasteiger partial charge in [0.25, 0.3) is 0 Å². The van der Waals surface area contributed by atoms with Crippen molar-refractivity contribution < 1.29 is 18.7 Å².